The highest BCUT2D eigenvalue weighted by molar-refractivity contribution is 5.65. The summed E-state index contributed by atoms with van der Waals surface area (Å²) in [4.78, 5) is 9.15. The van der Waals surface area contributed by atoms with Gasteiger partial charge in [-0.2, -0.15) is 9.97 Å². The van der Waals surface area contributed by atoms with Crippen LogP contribution in [-0.2, 0) is 6.42 Å². The Morgan fingerprint density at radius 3 is 2.73 bits per heavy atom. The van der Waals surface area contributed by atoms with E-state index in [4.69, 9.17) is 9.47 Å². The topological polar surface area (TPSA) is 64.5 Å². The Balaban J connectivity index is 1.79. The van der Waals surface area contributed by atoms with Crippen molar-refractivity contribution in [2.75, 3.05) is 6.61 Å². The van der Waals surface area contributed by atoms with E-state index in [1.165, 1.54) is 0 Å². The fraction of sp³-hybridized carbons (Fsp3) is 0.238. The molecule has 4 rings (SSSR count). The van der Waals surface area contributed by atoms with E-state index in [0.717, 1.165) is 29.7 Å². The summed E-state index contributed by atoms with van der Waals surface area (Å²) in [5.74, 6) is 2.33. The molecule has 5 nitrogen and oxygen atoms in total. The van der Waals surface area contributed by atoms with Gasteiger partial charge in [-0.15, -0.1) is 0 Å². The number of nitrogens with zero attached hydrogens (tertiary/aromatic N) is 2. The number of para-hydroxylation sites is 2. The van der Waals surface area contributed by atoms with Gasteiger partial charge in [0.2, 0.25) is 11.8 Å². The van der Waals surface area contributed by atoms with Gasteiger partial charge in [-0.25, -0.2) is 0 Å². The standard InChI is InChI=1S/C21H20N2O3/c1-2-3-12-25-20-16-13-14-8-4-7-11-18(14)26-21(16)23-19(22-20)15-9-5-6-10-17(15)24/h4-11,24H,2-3,12-13H2,1H3. The molecule has 1 N–H and O–H groups in total. The van der Waals surface area contributed by atoms with E-state index in [9.17, 15) is 5.11 Å². The van der Waals surface area contributed by atoms with Crippen molar-refractivity contribution in [3.8, 4) is 34.6 Å². The molecule has 0 saturated carbocycles. The third-order valence-corrected chi connectivity index (χ3v) is 4.36. The molecule has 3 aromatic rings. The van der Waals surface area contributed by atoms with E-state index >= 15 is 0 Å². The van der Waals surface area contributed by atoms with Crippen LogP contribution in [0.1, 0.15) is 30.9 Å². The molecule has 0 radical (unpaired) electrons. The van der Waals surface area contributed by atoms with E-state index in [-0.39, 0.29) is 5.75 Å². The van der Waals surface area contributed by atoms with Crippen molar-refractivity contribution in [3.05, 3.63) is 59.7 Å². The van der Waals surface area contributed by atoms with Crippen LogP contribution in [-0.4, -0.2) is 21.7 Å². The fourth-order valence-electron chi connectivity index (χ4n) is 2.94. The average Bonchev–Trinajstić information content (AvgIpc) is 2.67. The monoisotopic (exact) mass is 348 g/mol. The zero-order chi connectivity index (χ0) is 17.9. The number of phenols is 1. The molecule has 0 atom stereocenters. The number of aromatic nitrogens is 2. The molecule has 132 valence electrons. The van der Waals surface area contributed by atoms with Crippen molar-refractivity contribution >= 4 is 0 Å². The van der Waals surface area contributed by atoms with E-state index in [2.05, 4.69) is 16.9 Å². The number of hydrogen-bond acceptors (Lipinski definition) is 5. The first-order valence-electron chi connectivity index (χ1n) is 8.84. The minimum atomic E-state index is 0.128. The van der Waals surface area contributed by atoms with E-state index in [1.54, 1.807) is 18.2 Å². The molecule has 1 aliphatic heterocycles. The second-order valence-corrected chi connectivity index (χ2v) is 6.24. The van der Waals surface area contributed by atoms with E-state index in [1.807, 2.05) is 30.3 Å². The number of unbranched alkanes of at least 4 members (excludes halogenated alkanes) is 1. The molecule has 2 aromatic carbocycles. The number of rotatable bonds is 5. The molecule has 2 heterocycles. The van der Waals surface area contributed by atoms with Gasteiger partial charge in [0, 0.05) is 6.42 Å². The van der Waals surface area contributed by atoms with Gasteiger partial charge in [0.1, 0.15) is 11.5 Å². The number of ether oxygens (including phenoxy) is 2. The number of hydrogen-bond donors (Lipinski definition) is 1. The number of aromatic hydroxyl groups is 1. The van der Waals surface area contributed by atoms with Gasteiger partial charge >= 0.3 is 0 Å². The Morgan fingerprint density at radius 1 is 1.08 bits per heavy atom. The van der Waals surface area contributed by atoms with Crippen LogP contribution in [0.25, 0.3) is 11.4 Å². The maximum atomic E-state index is 10.2. The van der Waals surface area contributed by atoms with Gasteiger partial charge in [0.25, 0.3) is 0 Å². The van der Waals surface area contributed by atoms with Crippen LogP contribution in [0.4, 0.5) is 0 Å². The lowest BCUT2D eigenvalue weighted by molar-refractivity contribution is 0.290. The zero-order valence-electron chi connectivity index (χ0n) is 14.6. The van der Waals surface area contributed by atoms with E-state index < -0.39 is 0 Å². The van der Waals surface area contributed by atoms with E-state index in [0.29, 0.717) is 36.2 Å². The minimum Gasteiger partial charge on any atom is -0.507 e. The summed E-state index contributed by atoms with van der Waals surface area (Å²) >= 11 is 0. The zero-order valence-corrected chi connectivity index (χ0v) is 14.6. The molecule has 0 aliphatic carbocycles. The van der Waals surface area contributed by atoms with Crippen LogP contribution < -0.4 is 9.47 Å². The second-order valence-electron chi connectivity index (χ2n) is 6.24. The van der Waals surface area contributed by atoms with Crippen LogP contribution >= 0.6 is 0 Å². The Hall–Kier alpha value is -3.08. The van der Waals surface area contributed by atoms with Crippen molar-refractivity contribution in [3.63, 3.8) is 0 Å². The predicted molar refractivity (Wildman–Crippen MR) is 98.9 cm³/mol. The van der Waals surface area contributed by atoms with Crippen LogP contribution in [0.15, 0.2) is 48.5 Å². The quantitative estimate of drug-likeness (QED) is 0.529. The molecule has 5 heteroatoms. The van der Waals surface area contributed by atoms with Crippen molar-refractivity contribution in [1.82, 2.24) is 9.97 Å². The normalized spacial score (nSPS) is 12.0. The second kappa shape index (κ2) is 7.04. The highest BCUT2D eigenvalue weighted by atomic mass is 16.5. The fourth-order valence-corrected chi connectivity index (χ4v) is 2.94. The summed E-state index contributed by atoms with van der Waals surface area (Å²) < 4.78 is 12.0. The molecule has 0 fully saturated rings. The maximum Gasteiger partial charge on any atom is 0.230 e. The number of benzene rings is 2. The molecule has 0 spiro atoms. The molecule has 0 bridgehead atoms. The molecule has 1 aliphatic rings. The first-order chi connectivity index (χ1) is 12.8. The summed E-state index contributed by atoms with van der Waals surface area (Å²) in [5, 5.41) is 10.2. The Bertz CT molecular complexity index is 940. The van der Waals surface area contributed by atoms with Crippen LogP contribution in [0.3, 0.4) is 0 Å². The smallest absolute Gasteiger partial charge is 0.230 e. The van der Waals surface area contributed by atoms with Crippen LogP contribution in [0.5, 0.6) is 23.3 Å². The van der Waals surface area contributed by atoms with Gasteiger partial charge in [0.15, 0.2) is 5.82 Å². The Labute approximate surface area is 152 Å². The lowest BCUT2D eigenvalue weighted by atomic mass is 10.0. The molecule has 0 amide bonds. The molecular weight excluding hydrogens is 328 g/mol. The SMILES string of the molecule is CCCCOc1nc(-c2ccccc2O)nc2c1Cc1ccccc1O2. The van der Waals surface area contributed by atoms with Gasteiger partial charge in [-0.1, -0.05) is 43.7 Å². The first-order valence-corrected chi connectivity index (χ1v) is 8.84. The molecule has 1 aromatic heterocycles. The number of fused-ring (bicyclic) bond motifs is 2. The van der Waals surface area contributed by atoms with Crippen molar-refractivity contribution < 1.29 is 14.6 Å². The van der Waals surface area contributed by atoms with Crippen LogP contribution in [0, 0.1) is 0 Å². The third kappa shape index (κ3) is 3.08. The maximum absolute atomic E-state index is 10.2. The molecule has 0 unspecified atom stereocenters. The summed E-state index contributed by atoms with van der Waals surface area (Å²) in [6.45, 7) is 2.70. The average molecular weight is 348 g/mol. The van der Waals surface area contributed by atoms with Gasteiger partial charge in [-0.05, 0) is 30.2 Å². The largest absolute Gasteiger partial charge is 0.507 e. The summed E-state index contributed by atoms with van der Waals surface area (Å²) in [6, 6.07) is 14.9. The Kier molecular flexibility index (Phi) is 4.44. The lowest BCUT2D eigenvalue weighted by Gasteiger charge is -2.21. The molecule has 0 saturated heterocycles. The Morgan fingerprint density at radius 2 is 1.88 bits per heavy atom. The lowest BCUT2D eigenvalue weighted by Crippen LogP contribution is -2.11. The van der Waals surface area contributed by atoms with Crippen molar-refractivity contribution in [1.29, 1.82) is 0 Å². The highest BCUT2D eigenvalue weighted by Gasteiger charge is 2.25. The van der Waals surface area contributed by atoms with Crippen LogP contribution in [0.2, 0.25) is 0 Å². The van der Waals surface area contributed by atoms with Gasteiger partial charge in [-0.3, -0.25) is 0 Å². The highest BCUT2D eigenvalue weighted by Crippen LogP contribution is 2.40. The molecular formula is C21H20N2O3. The minimum absolute atomic E-state index is 0.128. The summed E-state index contributed by atoms with van der Waals surface area (Å²) in [7, 11) is 0. The van der Waals surface area contributed by atoms with Gasteiger partial charge < -0.3 is 14.6 Å². The first kappa shape index (κ1) is 16.4. The van der Waals surface area contributed by atoms with Gasteiger partial charge in [0.05, 0.1) is 17.7 Å². The predicted octanol–water partition coefficient (Wildman–Crippen LogP) is 4.72. The number of phenolic OH excluding ortho intramolecular Hbond substituents is 1. The molecule has 26 heavy (non-hydrogen) atoms. The van der Waals surface area contributed by atoms with Crippen molar-refractivity contribution in [2.45, 2.75) is 26.2 Å². The summed E-state index contributed by atoms with van der Waals surface area (Å²) in [6.07, 6.45) is 2.65. The third-order valence-electron chi connectivity index (χ3n) is 4.36. The van der Waals surface area contributed by atoms with Crippen molar-refractivity contribution in [2.24, 2.45) is 0 Å². The summed E-state index contributed by atoms with van der Waals surface area (Å²) in [5.41, 5.74) is 2.48.